The Morgan fingerprint density at radius 2 is 2.20 bits per heavy atom. The first-order valence-corrected chi connectivity index (χ1v) is 7.32. The molecule has 0 aliphatic carbocycles. The van der Waals surface area contributed by atoms with E-state index >= 15 is 0 Å². The second-order valence-electron chi connectivity index (χ2n) is 4.79. The van der Waals surface area contributed by atoms with Crippen LogP contribution in [0.25, 0.3) is 0 Å². The maximum absolute atomic E-state index is 5.78. The molecule has 2 rings (SSSR count). The molecule has 2 aromatic rings. The molecule has 0 bridgehead atoms. The Morgan fingerprint density at radius 3 is 2.85 bits per heavy atom. The van der Waals surface area contributed by atoms with Gasteiger partial charge in [0.1, 0.15) is 18.2 Å². The van der Waals surface area contributed by atoms with Crippen molar-refractivity contribution in [2.75, 3.05) is 18.2 Å². The first-order valence-electron chi connectivity index (χ1n) is 6.51. The van der Waals surface area contributed by atoms with Crippen LogP contribution in [0.2, 0.25) is 0 Å². The molecule has 6 heteroatoms. The Labute approximate surface area is 123 Å². The van der Waals surface area contributed by atoms with Crippen molar-refractivity contribution >= 4 is 23.0 Å². The molecule has 108 valence electrons. The number of ether oxygens (including phenoxy) is 1. The zero-order valence-electron chi connectivity index (χ0n) is 12.0. The van der Waals surface area contributed by atoms with Crippen LogP contribution in [0.15, 0.2) is 18.2 Å². The topological polar surface area (TPSA) is 73.1 Å². The lowest BCUT2D eigenvalue weighted by Crippen LogP contribution is -2.19. The van der Waals surface area contributed by atoms with Gasteiger partial charge in [-0.25, -0.2) is 9.97 Å². The van der Waals surface area contributed by atoms with E-state index in [4.69, 9.17) is 10.5 Å². The number of hydrogen-bond donors (Lipinski definition) is 2. The van der Waals surface area contributed by atoms with Gasteiger partial charge in [-0.05, 0) is 26.0 Å². The summed E-state index contributed by atoms with van der Waals surface area (Å²) in [5.74, 6) is 1.79. The summed E-state index contributed by atoms with van der Waals surface area (Å²) >= 11 is 1.82. The number of nitrogens with two attached hydrogens (primary N) is 1. The SMILES string of the molecule is COCc1nc(N)cc(NC(C)Cc2ccc(C)s2)n1. The molecule has 0 fully saturated rings. The van der Waals surface area contributed by atoms with E-state index in [9.17, 15) is 0 Å². The van der Waals surface area contributed by atoms with Crippen LogP contribution in [0, 0.1) is 6.92 Å². The number of rotatable bonds is 6. The summed E-state index contributed by atoms with van der Waals surface area (Å²) in [5.41, 5.74) is 5.78. The number of hydrogen-bond acceptors (Lipinski definition) is 6. The van der Waals surface area contributed by atoms with Crippen LogP contribution in [-0.4, -0.2) is 23.1 Å². The zero-order valence-corrected chi connectivity index (χ0v) is 12.8. The van der Waals surface area contributed by atoms with Crippen LogP contribution in [0.5, 0.6) is 0 Å². The zero-order chi connectivity index (χ0) is 14.5. The summed E-state index contributed by atoms with van der Waals surface area (Å²) in [4.78, 5) is 11.2. The van der Waals surface area contributed by atoms with E-state index in [-0.39, 0.29) is 6.04 Å². The molecule has 0 aliphatic rings. The van der Waals surface area contributed by atoms with Crippen molar-refractivity contribution in [1.29, 1.82) is 0 Å². The fourth-order valence-electron chi connectivity index (χ4n) is 1.99. The third-order valence-corrected chi connectivity index (χ3v) is 3.79. The molecule has 5 nitrogen and oxygen atoms in total. The molecule has 0 amide bonds. The standard InChI is InChI=1S/C14H20N4OS/c1-9(6-11-5-4-10(2)20-11)16-13-7-12(15)17-14(18-13)8-19-3/h4-5,7,9H,6,8H2,1-3H3,(H3,15,16,17,18). The molecule has 0 aromatic carbocycles. The summed E-state index contributed by atoms with van der Waals surface area (Å²) in [6.07, 6.45) is 0.960. The minimum absolute atomic E-state index is 0.276. The Morgan fingerprint density at radius 1 is 1.40 bits per heavy atom. The number of aromatic nitrogens is 2. The minimum Gasteiger partial charge on any atom is -0.384 e. The van der Waals surface area contributed by atoms with Gasteiger partial charge in [-0.2, -0.15) is 0 Å². The fourth-order valence-corrected chi connectivity index (χ4v) is 3.00. The van der Waals surface area contributed by atoms with E-state index in [2.05, 4.69) is 41.3 Å². The highest BCUT2D eigenvalue weighted by molar-refractivity contribution is 7.11. The Bertz CT molecular complexity index is 570. The van der Waals surface area contributed by atoms with Gasteiger partial charge in [0, 0.05) is 35.4 Å². The fraction of sp³-hybridized carbons (Fsp3) is 0.429. The molecular formula is C14H20N4OS. The minimum atomic E-state index is 0.276. The predicted molar refractivity (Wildman–Crippen MR) is 83.0 cm³/mol. The van der Waals surface area contributed by atoms with Crippen molar-refractivity contribution in [2.45, 2.75) is 32.9 Å². The number of anilines is 2. The number of nitrogens with zero attached hydrogens (tertiary/aromatic N) is 2. The predicted octanol–water partition coefficient (Wildman–Crippen LogP) is 2.62. The van der Waals surface area contributed by atoms with Crippen LogP contribution in [0.4, 0.5) is 11.6 Å². The quantitative estimate of drug-likeness (QED) is 0.856. The van der Waals surface area contributed by atoms with Gasteiger partial charge in [0.2, 0.25) is 0 Å². The van der Waals surface area contributed by atoms with Crippen LogP contribution >= 0.6 is 11.3 Å². The van der Waals surface area contributed by atoms with Gasteiger partial charge in [0.05, 0.1) is 0 Å². The van der Waals surface area contributed by atoms with Gasteiger partial charge in [-0.15, -0.1) is 11.3 Å². The van der Waals surface area contributed by atoms with Crippen molar-refractivity contribution in [3.05, 3.63) is 33.8 Å². The van der Waals surface area contributed by atoms with Crippen molar-refractivity contribution in [1.82, 2.24) is 9.97 Å². The molecule has 0 spiro atoms. The Kier molecular flexibility index (Phi) is 4.92. The molecule has 1 unspecified atom stereocenters. The first-order chi connectivity index (χ1) is 9.56. The molecule has 0 saturated carbocycles. The lowest BCUT2D eigenvalue weighted by atomic mass is 10.2. The molecule has 0 saturated heterocycles. The highest BCUT2D eigenvalue weighted by Gasteiger charge is 2.08. The van der Waals surface area contributed by atoms with E-state index < -0.39 is 0 Å². The van der Waals surface area contributed by atoms with Crippen LogP contribution < -0.4 is 11.1 Å². The van der Waals surface area contributed by atoms with Crippen LogP contribution in [-0.2, 0) is 17.8 Å². The number of aryl methyl sites for hydroxylation is 1. The summed E-state index contributed by atoms with van der Waals surface area (Å²) in [6, 6.07) is 6.34. The lowest BCUT2D eigenvalue weighted by molar-refractivity contribution is 0.178. The summed E-state index contributed by atoms with van der Waals surface area (Å²) in [6.45, 7) is 4.61. The van der Waals surface area contributed by atoms with Crippen LogP contribution in [0.3, 0.4) is 0 Å². The molecule has 0 aliphatic heterocycles. The van der Waals surface area contributed by atoms with E-state index in [0.717, 1.165) is 12.2 Å². The van der Waals surface area contributed by atoms with Crippen molar-refractivity contribution in [3.8, 4) is 0 Å². The van der Waals surface area contributed by atoms with Crippen LogP contribution in [0.1, 0.15) is 22.5 Å². The second kappa shape index (κ2) is 6.67. The third kappa shape index (κ3) is 4.18. The van der Waals surface area contributed by atoms with E-state index in [1.54, 1.807) is 13.2 Å². The second-order valence-corrected chi connectivity index (χ2v) is 6.16. The van der Waals surface area contributed by atoms with Gasteiger partial charge in [-0.1, -0.05) is 0 Å². The first kappa shape index (κ1) is 14.7. The summed E-state index contributed by atoms with van der Waals surface area (Å²) in [7, 11) is 1.61. The molecule has 1 atom stereocenters. The molecule has 0 radical (unpaired) electrons. The van der Waals surface area contributed by atoms with Crippen molar-refractivity contribution in [3.63, 3.8) is 0 Å². The van der Waals surface area contributed by atoms with E-state index in [1.165, 1.54) is 9.75 Å². The summed E-state index contributed by atoms with van der Waals surface area (Å²) in [5, 5.41) is 3.36. The molecule has 2 aromatic heterocycles. The van der Waals surface area contributed by atoms with E-state index in [1.807, 2.05) is 11.3 Å². The number of thiophene rings is 1. The number of methoxy groups -OCH3 is 1. The highest BCUT2D eigenvalue weighted by Crippen LogP contribution is 2.18. The molecular weight excluding hydrogens is 272 g/mol. The Balaban J connectivity index is 2.01. The molecule has 3 N–H and O–H groups in total. The molecule has 2 heterocycles. The maximum atomic E-state index is 5.78. The van der Waals surface area contributed by atoms with Gasteiger partial charge >= 0.3 is 0 Å². The van der Waals surface area contributed by atoms with Gasteiger partial charge in [0.15, 0.2) is 5.82 Å². The van der Waals surface area contributed by atoms with Gasteiger partial charge < -0.3 is 15.8 Å². The van der Waals surface area contributed by atoms with Gasteiger partial charge in [-0.3, -0.25) is 0 Å². The van der Waals surface area contributed by atoms with Gasteiger partial charge in [0.25, 0.3) is 0 Å². The largest absolute Gasteiger partial charge is 0.384 e. The number of nitrogens with one attached hydrogen (secondary N) is 1. The van der Waals surface area contributed by atoms with Crippen molar-refractivity contribution in [2.24, 2.45) is 0 Å². The average Bonchev–Trinajstić information content (AvgIpc) is 2.74. The van der Waals surface area contributed by atoms with Crippen molar-refractivity contribution < 1.29 is 4.74 Å². The number of nitrogen functional groups attached to an aromatic ring is 1. The van der Waals surface area contributed by atoms with E-state index in [0.29, 0.717) is 18.2 Å². The molecule has 20 heavy (non-hydrogen) atoms. The smallest absolute Gasteiger partial charge is 0.158 e. The lowest BCUT2D eigenvalue weighted by Gasteiger charge is -2.14. The normalized spacial score (nSPS) is 12.3. The maximum Gasteiger partial charge on any atom is 0.158 e. The monoisotopic (exact) mass is 292 g/mol. The third-order valence-electron chi connectivity index (χ3n) is 2.76. The summed E-state index contributed by atoms with van der Waals surface area (Å²) < 4.78 is 5.03. The Hall–Kier alpha value is -1.66. The highest BCUT2D eigenvalue weighted by atomic mass is 32.1. The average molecular weight is 292 g/mol.